The number of rotatable bonds is 8. The van der Waals surface area contributed by atoms with Crippen molar-refractivity contribution in [3.8, 4) is 5.75 Å². The Morgan fingerprint density at radius 2 is 1.71 bits per heavy atom. The lowest BCUT2D eigenvalue weighted by Crippen LogP contribution is -2.45. The van der Waals surface area contributed by atoms with E-state index in [4.69, 9.17) is 4.74 Å². The van der Waals surface area contributed by atoms with E-state index >= 15 is 0 Å². The second-order valence-electron chi connectivity index (χ2n) is 7.01. The van der Waals surface area contributed by atoms with E-state index in [1.54, 1.807) is 43.3 Å². The highest BCUT2D eigenvalue weighted by Gasteiger charge is 2.28. The number of hydrogen-bond donors (Lipinski definition) is 2. The monoisotopic (exact) mass is 502 g/mol. The van der Waals surface area contributed by atoms with Crippen LogP contribution in [0, 0.1) is 6.92 Å². The van der Waals surface area contributed by atoms with Gasteiger partial charge in [0.05, 0.1) is 7.11 Å². The van der Waals surface area contributed by atoms with Gasteiger partial charge in [-0.15, -0.1) is 0 Å². The minimum Gasteiger partial charge on any atom is -0.495 e. The number of aryl methyl sites for hydroxylation is 1. The summed E-state index contributed by atoms with van der Waals surface area (Å²) in [5.74, 6) is -0.244. The zero-order valence-corrected chi connectivity index (χ0v) is 19.5. The summed E-state index contributed by atoms with van der Waals surface area (Å²) in [6.07, 6.45) is 0.191. The number of carbonyl (C=O) groups excluding carboxylic acids is 1. The number of nitrogens with one attached hydrogen (secondary N) is 2. The third-order valence-electron chi connectivity index (χ3n) is 4.62. The molecular weight excluding hydrogens is 480 g/mol. The summed E-state index contributed by atoms with van der Waals surface area (Å²) in [6, 6.07) is 20.2. The van der Waals surface area contributed by atoms with Crippen molar-refractivity contribution in [1.29, 1.82) is 0 Å². The average Bonchev–Trinajstić information content (AvgIpc) is 2.75. The molecule has 0 heterocycles. The smallest absolute Gasteiger partial charge is 0.245 e. The predicted octanol–water partition coefficient (Wildman–Crippen LogP) is 4.29. The lowest BCUT2D eigenvalue weighted by atomic mass is 10.1. The van der Waals surface area contributed by atoms with Crippen LogP contribution in [0.1, 0.15) is 11.1 Å². The standard InChI is InChI=1S/C23H23BrN2O4S/c1-16-8-13-21(30-2)22(14-16)31(28,29)26-20(15-17-6-4-3-5-7-17)23(27)25-19-11-9-18(24)10-12-19/h3-14,20,26H,15H2,1-2H3,(H,25,27)/t20-/m0/s1. The molecule has 3 aromatic carbocycles. The first kappa shape index (κ1) is 23.0. The molecule has 0 radical (unpaired) electrons. The quantitative estimate of drug-likeness (QED) is 0.480. The van der Waals surface area contributed by atoms with E-state index in [9.17, 15) is 13.2 Å². The number of methoxy groups -OCH3 is 1. The van der Waals surface area contributed by atoms with Crippen LogP contribution in [0.3, 0.4) is 0 Å². The summed E-state index contributed by atoms with van der Waals surface area (Å²) in [5, 5.41) is 2.79. The molecule has 0 aliphatic carbocycles. The number of carbonyl (C=O) groups is 1. The maximum atomic E-state index is 13.2. The van der Waals surface area contributed by atoms with E-state index in [2.05, 4.69) is 26.0 Å². The van der Waals surface area contributed by atoms with Gasteiger partial charge in [0.25, 0.3) is 0 Å². The second kappa shape index (κ2) is 10.1. The number of halogens is 1. The average molecular weight is 503 g/mol. The van der Waals surface area contributed by atoms with Crippen LogP contribution >= 0.6 is 15.9 Å². The van der Waals surface area contributed by atoms with Crippen molar-refractivity contribution < 1.29 is 17.9 Å². The lowest BCUT2D eigenvalue weighted by Gasteiger charge is -2.20. The molecule has 0 aromatic heterocycles. The Balaban J connectivity index is 1.91. The second-order valence-corrected chi connectivity index (χ2v) is 9.61. The molecule has 6 nitrogen and oxygen atoms in total. The van der Waals surface area contributed by atoms with Gasteiger partial charge in [-0.1, -0.05) is 52.3 Å². The predicted molar refractivity (Wildman–Crippen MR) is 125 cm³/mol. The fraction of sp³-hybridized carbons (Fsp3) is 0.174. The number of sulfonamides is 1. The van der Waals surface area contributed by atoms with Gasteiger partial charge in [-0.25, -0.2) is 8.42 Å². The summed E-state index contributed by atoms with van der Waals surface area (Å²) in [6.45, 7) is 1.79. The minimum absolute atomic E-state index is 0.00972. The largest absolute Gasteiger partial charge is 0.495 e. The van der Waals surface area contributed by atoms with Gasteiger partial charge >= 0.3 is 0 Å². The van der Waals surface area contributed by atoms with Gasteiger partial charge in [0.1, 0.15) is 16.7 Å². The van der Waals surface area contributed by atoms with Crippen LogP contribution in [0.5, 0.6) is 5.75 Å². The first-order valence-corrected chi connectivity index (χ1v) is 11.8. The molecule has 0 unspecified atom stereocenters. The molecule has 0 spiro atoms. The lowest BCUT2D eigenvalue weighted by molar-refractivity contribution is -0.117. The van der Waals surface area contributed by atoms with Crippen LogP contribution in [-0.4, -0.2) is 27.5 Å². The molecule has 3 aromatic rings. The molecule has 0 aliphatic rings. The fourth-order valence-corrected chi connectivity index (χ4v) is 4.76. The summed E-state index contributed by atoms with van der Waals surface area (Å²) in [5.41, 5.74) is 2.16. The molecule has 0 saturated heterocycles. The van der Waals surface area contributed by atoms with E-state index in [1.165, 1.54) is 13.2 Å². The van der Waals surface area contributed by atoms with Crippen molar-refractivity contribution in [2.75, 3.05) is 12.4 Å². The van der Waals surface area contributed by atoms with Crippen molar-refractivity contribution in [2.45, 2.75) is 24.3 Å². The van der Waals surface area contributed by atoms with Crippen molar-refractivity contribution in [2.24, 2.45) is 0 Å². The first-order valence-electron chi connectivity index (χ1n) is 9.56. The Hall–Kier alpha value is -2.68. The number of benzene rings is 3. The maximum absolute atomic E-state index is 13.2. The highest BCUT2D eigenvalue weighted by Crippen LogP contribution is 2.25. The Kier molecular flexibility index (Phi) is 7.48. The zero-order valence-electron chi connectivity index (χ0n) is 17.1. The van der Waals surface area contributed by atoms with Crippen LogP contribution in [-0.2, 0) is 21.2 Å². The van der Waals surface area contributed by atoms with E-state index in [0.29, 0.717) is 5.69 Å². The molecule has 1 amide bonds. The Bertz CT molecular complexity index is 1150. The zero-order chi connectivity index (χ0) is 22.4. The van der Waals surface area contributed by atoms with E-state index in [-0.39, 0.29) is 17.1 Å². The van der Waals surface area contributed by atoms with E-state index in [1.807, 2.05) is 30.3 Å². The van der Waals surface area contributed by atoms with Crippen molar-refractivity contribution in [3.63, 3.8) is 0 Å². The first-order chi connectivity index (χ1) is 14.8. The molecule has 0 aliphatic heterocycles. The number of amides is 1. The molecule has 2 N–H and O–H groups in total. The van der Waals surface area contributed by atoms with Crippen LogP contribution in [0.25, 0.3) is 0 Å². The molecule has 0 fully saturated rings. The summed E-state index contributed by atoms with van der Waals surface area (Å²) in [4.78, 5) is 13.0. The Morgan fingerprint density at radius 3 is 2.35 bits per heavy atom. The highest BCUT2D eigenvalue weighted by molar-refractivity contribution is 9.10. The molecule has 0 saturated carbocycles. The molecule has 3 rings (SSSR count). The van der Waals surface area contributed by atoms with Crippen LogP contribution < -0.4 is 14.8 Å². The van der Waals surface area contributed by atoms with Gasteiger partial charge in [-0.3, -0.25) is 4.79 Å². The maximum Gasteiger partial charge on any atom is 0.245 e. The highest BCUT2D eigenvalue weighted by atomic mass is 79.9. The summed E-state index contributed by atoms with van der Waals surface area (Å²) >= 11 is 3.35. The van der Waals surface area contributed by atoms with E-state index < -0.39 is 22.0 Å². The SMILES string of the molecule is COc1ccc(C)cc1S(=O)(=O)N[C@@H](Cc1ccccc1)C(=O)Nc1ccc(Br)cc1. The topological polar surface area (TPSA) is 84.5 Å². The van der Waals surface area contributed by atoms with Gasteiger partial charge in [-0.05, 0) is 60.9 Å². The van der Waals surface area contributed by atoms with Gasteiger partial charge in [-0.2, -0.15) is 4.72 Å². The molecular formula is C23H23BrN2O4S. The minimum atomic E-state index is -4.03. The Labute approximate surface area is 190 Å². The summed E-state index contributed by atoms with van der Waals surface area (Å²) < 4.78 is 35.0. The number of hydrogen-bond acceptors (Lipinski definition) is 4. The van der Waals surface area contributed by atoms with Gasteiger partial charge in [0, 0.05) is 10.2 Å². The molecule has 162 valence electrons. The molecule has 0 bridgehead atoms. The third kappa shape index (κ3) is 6.16. The van der Waals surface area contributed by atoms with Crippen molar-refractivity contribution >= 4 is 37.5 Å². The van der Waals surface area contributed by atoms with Crippen LogP contribution in [0.2, 0.25) is 0 Å². The van der Waals surface area contributed by atoms with Crippen molar-refractivity contribution in [1.82, 2.24) is 4.72 Å². The van der Waals surface area contributed by atoms with Crippen LogP contribution in [0.15, 0.2) is 82.2 Å². The summed E-state index contributed by atoms with van der Waals surface area (Å²) in [7, 11) is -2.62. The molecule has 1 atom stereocenters. The molecule has 31 heavy (non-hydrogen) atoms. The Morgan fingerprint density at radius 1 is 1.03 bits per heavy atom. The normalized spacial score (nSPS) is 12.2. The number of ether oxygens (including phenoxy) is 1. The fourth-order valence-electron chi connectivity index (χ4n) is 3.04. The van der Waals surface area contributed by atoms with Crippen LogP contribution in [0.4, 0.5) is 5.69 Å². The van der Waals surface area contributed by atoms with Gasteiger partial charge in [0.2, 0.25) is 15.9 Å². The number of anilines is 1. The van der Waals surface area contributed by atoms with E-state index in [0.717, 1.165) is 15.6 Å². The van der Waals surface area contributed by atoms with Gasteiger partial charge in [0.15, 0.2) is 0 Å². The van der Waals surface area contributed by atoms with Gasteiger partial charge < -0.3 is 10.1 Å². The third-order valence-corrected chi connectivity index (χ3v) is 6.64. The molecule has 8 heteroatoms. The van der Waals surface area contributed by atoms with Crippen molar-refractivity contribution in [3.05, 3.63) is 88.4 Å².